The van der Waals surface area contributed by atoms with E-state index in [-0.39, 0.29) is 0 Å². The Hall–Kier alpha value is -3.19. The van der Waals surface area contributed by atoms with Gasteiger partial charge in [0, 0.05) is 0 Å². The average molecular weight is 409 g/mol. The second kappa shape index (κ2) is 9.31. The number of benzene rings is 3. The Kier molecular flexibility index (Phi) is 6.32. The lowest BCUT2D eigenvalue weighted by atomic mass is 9.81. The number of ether oxygens (including phenoxy) is 1. The maximum Gasteiger partial charge on any atom is 0.119 e. The number of hydrogen-bond donors (Lipinski definition) is 0. The highest BCUT2D eigenvalue weighted by Gasteiger charge is 2.41. The molecule has 0 spiro atoms. The molecule has 3 aromatic carbocycles. The summed E-state index contributed by atoms with van der Waals surface area (Å²) in [6.45, 7) is 1.55. The first kappa shape index (κ1) is 21.1. The molecule has 0 saturated carbocycles. The molecule has 1 heterocycles. The number of hydrogen-bond acceptors (Lipinski definition) is 3. The van der Waals surface area contributed by atoms with Crippen molar-refractivity contribution in [1.29, 1.82) is 5.26 Å². The smallest absolute Gasteiger partial charge is 0.119 e. The van der Waals surface area contributed by atoms with Crippen LogP contribution in [0.4, 0.5) is 0 Å². The van der Waals surface area contributed by atoms with Gasteiger partial charge >= 0.3 is 0 Å². The van der Waals surface area contributed by atoms with Crippen LogP contribution in [0.5, 0.6) is 0 Å². The number of fused-ring (bicyclic) bond motifs is 1. The van der Waals surface area contributed by atoms with E-state index in [0.29, 0.717) is 12.2 Å². The zero-order valence-electron chi connectivity index (χ0n) is 18.2. The highest BCUT2D eigenvalue weighted by molar-refractivity contribution is 5.69. The van der Waals surface area contributed by atoms with Crippen molar-refractivity contribution in [1.82, 2.24) is 4.90 Å². The van der Waals surface area contributed by atoms with Crippen molar-refractivity contribution in [3.8, 4) is 6.07 Å². The first-order valence-corrected chi connectivity index (χ1v) is 10.8. The van der Waals surface area contributed by atoms with Gasteiger partial charge in [-0.2, -0.15) is 5.26 Å². The monoisotopic (exact) mass is 408 g/mol. The Morgan fingerprint density at radius 3 is 2.35 bits per heavy atom. The number of rotatable bonds is 7. The van der Waals surface area contributed by atoms with Gasteiger partial charge in [-0.25, -0.2) is 0 Å². The van der Waals surface area contributed by atoms with Gasteiger partial charge in [0.15, 0.2) is 0 Å². The minimum Gasteiger partial charge on any atom is -0.361 e. The van der Waals surface area contributed by atoms with Gasteiger partial charge in [-0.3, -0.25) is 0 Å². The van der Waals surface area contributed by atoms with Crippen molar-refractivity contribution in [3.63, 3.8) is 0 Å². The molecule has 31 heavy (non-hydrogen) atoms. The Morgan fingerprint density at radius 2 is 1.68 bits per heavy atom. The van der Waals surface area contributed by atoms with Crippen LogP contribution in [0.1, 0.15) is 46.2 Å². The molecule has 1 unspecified atom stereocenters. The number of nitrogens with zero attached hydrogens (tertiary/aromatic N) is 2. The predicted molar refractivity (Wildman–Crippen MR) is 126 cm³/mol. The zero-order chi connectivity index (χ0) is 21.7. The molecule has 1 atom stereocenters. The number of nitriles is 1. The summed E-state index contributed by atoms with van der Waals surface area (Å²) in [5.41, 5.74) is 6.07. The highest BCUT2D eigenvalue weighted by atomic mass is 16.5. The lowest BCUT2D eigenvalue weighted by Gasteiger charge is -2.31. The summed E-state index contributed by atoms with van der Waals surface area (Å²) in [6.07, 6.45) is 6.21. The molecule has 156 valence electrons. The summed E-state index contributed by atoms with van der Waals surface area (Å²) in [5, 5.41) is 9.28. The second-order valence-corrected chi connectivity index (χ2v) is 8.37. The van der Waals surface area contributed by atoms with Gasteiger partial charge in [-0.05, 0) is 73.4 Å². The SMILES string of the molecule is CN(C)CCCC1(c2ccc(/C=C/c3ccccc3)cc2)OCc2cc(C#N)ccc21. The summed E-state index contributed by atoms with van der Waals surface area (Å²) < 4.78 is 6.50. The predicted octanol–water partition coefficient (Wildman–Crippen LogP) is 5.84. The van der Waals surface area contributed by atoms with Crippen LogP contribution in [0, 0.1) is 11.3 Å². The minimum absolute atomic E-state index is 0.457. The van der Waals surface area contributed by atoms with Gasteiger partial charge in [-0.1, -0.05) is 72.8 Å². The second-order valence-electron chi connectivity index (χ2n) is 8.37. The lowest BCUT2D eigenvalue weighted by Crippen LogP contribution is -2.28. The molecule has 3 heteroatoms. The van der Waals surface area contributed by atoms with Gasteiger partial charge in [0.05, 0.1) is 18.2 Å². The van der Waals surface area contributed by atoms with E-state index in [1.54, 1.807) is 0 Å². The molecular formula is C28H28N2O. The largest absolute Gasteiger partial charge is 0.361 e. The summed E-state index contributed by atoms with van der Waals surface area (Å²) in [5.74, 6) is 0. The molecule has 3 aromatic rings. The van der Waals surface area contributed by atoms with E-state index in [4.69, 9.17) is 4.74 Å². The molecular weight excluding hydrogens is 380 g/mol. The molecule has 0 aromatic heterocycles. The van der Waals surface area contributed by atoms with Crippen LogP contribution < -0.4 is 0 Å². The fourth-order valence-electron chi connectivity index (χ4n) is 4.31. The van der Waals surface area contributed by atoms with Crippen molar-refractivity contribution >= 4 is 12.2 Å². The van der Waals surface area contributed by atoms with E-state index in [9.17, 15) is 5.26 Å². The molecule has 0 N–H and O–H groups in total. The highest BCUT2D eigenvalue weighted by Crippen LogP contribution is 2.45. The average Bonchev–Trinajstić information content (AvgIpc) is 3.17. The summed E-state index contributed by atoms with van der Waals surface area (Å²) in [7, 11) is 4.20. The third kappa shape index (κ3) is 4.61. The van der Waals surface area contributed by atoms with Crippen LogP contribution in [0.3, 0.4) is 0 Å². The van der Waals surface area contributed by atoms with E-state index in [1.807, 2.05) is 30.3 Å². The summed E-state index contributed by atoms with van der Waals surface area (Å²) >= 11 is 0. The maximum atomic E-state index is 9.28. The van der Waals surface area contributed by atoms with Crippen molar-refractivity contribution in [2.24, 2.45) is 0 Å². The van der Waals surface area contributed by atoms with Crippen molar-refractivity contribution in [3.05, 3.63) is 106 Å². The molecule has 1 aliphatic heterocycles. The van der Waals surface area contributed by atoms with Crippen LogP contribution in [0.2, 0.25) is 0 Å². The van der Waals surface area contributed by atoms with Gasteiger partial charge in [0.2, 0.25) is 0 Å². The Bertz CT molecular complexity index is 1090. The van der Waals surface area contributed by atoms with Gasteiger partial charge in [-0.15, -0.1) is 0 Å². The maximum absolute atomic E-state index is 9.28. The van der Waals surface area contributed by atoms with E-state index in [0.717, 1.165) is 30.5 Å². The van der Waals surface area contributed by atoms with Gasteiger partial charge < -0.3 is 9.64 Å². The zero-order valence-corrected chi connectivity index (χ0v) is 18.2. The molecule has 0 bridgehead atoms. The van der Waals surface area contributed by atoms with Crippen LogP contribution in [-0.4, -0.2) is 25.5 Å². The fourth-order valence-corrected chi connectivity index (χ4v) is 4.31. The molecule has 0 fully saturated rings. The quantitative estimate of drug-likeness (QED) is 0.461. The molecule has 0 amide bonds. The van der Waals surface area contributed by atoms with E-state index >= 15 is 0 Å². The first-order chi connectivity index (χ1) is 15.1. The van der Waals surface area contributed by atoms with Crippen LogP contribution >= 0.6 is 0 Å². The molecule has 0 radical (unpaired) electrons. The van der Waals surface area contributed by atoms with Crippen molar-refractivity contribution < 1.29 is 4.74 Å². The van der Waals surface area contributed by atoms with E-state index in [2.05, 4.69) is 79.7 Å². The third-order valence-corrected chi connectivity index (χ3v) is 5.92. The minimum atomic E-state index is -0.457. The van der Waals surface area contributed by atoms with Crippen LogP contribution in [0.15, 0.2) is 72.8 Å². The molecule has 1 aliphatic rings. The van der Waals surface area contributed by atoms with Crippen LogP contribution in [-0.2, 0) is 16.9 Å². The molecule has 4 rings (SSSR count). The first-order valence-electron chi connectivity index (χ1n) is 10.8. The molecule has 0 saturated heterocycles. The third-order valence-electron chi connectivity index (χ3n) is 5.92. The van der Waals surface area contributed by atoms with Crippen LogP contribution in [0.25, 0.3) is 12.2 Å². The van der Waals surface area contributed by atoms with E-state index in [1.165, 1.54) is 16.7 Å². The lowest BCUT2D eigenvalue weighted by molar-refractivity contribution is -0.0139. The van der Waals surface area contributed by atoms with Crippen molar-refractivity contribution in [2.45, 2.75) is 25.0 Å². The van der Waals surface area contributed by atoms with Gasteiger partial charge in [0.1, 0.15) is 5.60 Å². The topological polar surface area (TPSA) is 36.3 Å². The fraction of sp³-hybridized carbons (Fsp3) is 0.250. The van der Waals surface area contributed by atoms with Crippen molar-refractivity contribution in [2.75, 3.05) is 20.6 Å². The Morgan fingerprint density at radius 1 is 0.968 bits per heavy atom. The standard InChI is InChI=1S/C28H28N2O/c1-30(2)18-6-17-28(27-16-13-24(20-29)19-25(27)21-31-28)26-14-11-23(12-15-26)10-9-22-7-4-3-5-8-22/h3-5,7-16,19H,6,17-18,21H2,1-2H3/b10-9+. The Labute approximate surface area is 185 Å². The molecule has 0 aliphatic carbocycles. The summed E-state index contributed by atoms with van der Waals surface area (Å²) in [6, 6.07) is 27.2. The normalized spacial score (nSPS) is 17.7. The molecule has 3 nitrogen and oxygen atoms in total. The Balaban J connectivity index is 1.64. The van der Waals surface area contributed by atoms with Gasteiger partial charge in [0.25, 0.3) is 0 Å². The van der Waals surface area contributed by atoms with E-state index < -0.39 is 5.60 Å². The summed E-state index contributed by atoms with van der Waals surface area (Å²) in [4.78, 5) is 2.21.